The molecule has 7 heteroatoms. The lowest BCUT2D eigenvalue weighted by Crippen LogP contribution is -2.08. The monoisotopic (exact) mass is 447 g/mol. The Balaban J connectivity index is 1.34. The van der Waals surface area contributed by atoms with E-state index in [1.165, 1.54) is 16.9 Å². The molecule has 1 N–H and O–H groups in total. The van der Waals surface area contributed by atoms with Gasteiger partial charge in [-0.25, -0.2) is 9.78 Å². The van der Waals surface area contributed by atoms with Crippen molar-refractivity contribution < 1.29 is 9.53 Å². The number of hydrogen-bond acceptors (Lipinski definition) is 6. The molecular formula is C24H18ClN3O2S. The van der Waals surface area contributed by atoms with Crippen LogP contribution in [0.4, 0.5) is 5.13 Å². The Kier molecular flexibility index (Phi) is 6.40. The molecule has 0 atom stereocenters. The van der Waals surface area contributed by atoms with Gasteiger partial charge in [0.15, 0.2) is 0 Å². The van der Waals surface area contributed by atoms with E-state index in [1.54, 1.807) is 54.7 Å². The minimum Gasteiger partial charge on any atom is -0.423 e. The predicted molar refractivity (Wildman–Crippen MR) is 126 cm³/mol. The molecule has 0 fully saturated rings. The van der Waals surface area contributed by atoms with Crippen LogP contribution >= 0.6 is 22.9 Å². The van der Waals surface area contributed by atoms with Crippen LogP contribution in [-0.2, 0) is 0 Å². The quantitative estimate of drug-likeness (QED) is 0.160. The fourth-order valence-electron chi connectivity index (χ4n) is 2.75. The van der Waals surface area contributed by atoms with E-state index < -0.39 is 5.97 Å². The zero-order valence-corrected chi connectivity index (χ0v) is 18.2. The van der Waals surface area contributed by atoms with Crippen molar-refractivity contribution in [2.45, 2.75) is 6.92 Å². The highest BCUT2D eigenvalue weighted by Gasteiger charge is 2.12. The number of halogens is 1. The van der Waals surface area contributed by atoms with E-state index in [0.29, 0.717) is 21.5 Å². The van der Waals surface area contributed by atoms with E-state index >= 15 is 0 Å². The van der Waals surface area contributed by atoms with Crippen LogP contribution in [0.3, 0.4) is 0 Å². The Morgan fingerprint density at radius 2 is 1.81 bits per heavy atom. The standard InChI is InChI=1S/C24H18ClN3O2S/c1-16-6-10-18(11-7-16)22-15-31-24(27-22)28-26-14-17-8-12-19(13-9-17)30-23(29)20-4-2-3-5-21(20)25/h2-15H,1H3,(H,27,28)/b26-14+. The number of rotatable bonds is 6. The molecule has 4 rings (SSSR count). The van der Waals surface area contributed by atoms with Gasteiger partial charge in [0.25, 0.3) is 0 Å². The number of carbonyl (C=O) groups is 1. The maximum absolute atomic E-state index is 12.2. The average Bonchev–Trinajstić information content (AvgIpc) is 3.24. The number of aromatic nitrogens is 1. The number of nitrogens with zero attached hydrogens (tertiary/aromatic N) is 2. The molecule has 1 aromatic heterocycles. The van der Waals surface area contributed by atoms with Crippen molar-refractivity contribution >= 4 is 40.3 Å². The second kappa shape index (κ2) is 9.55. The van der Waals surface area contributed by atoms with Gasteiger partial charge in [-0.3, -0.25) is 5.43 Å². The van der Waals surface area contributed by atoms with E-state index in [0.717, 1.165) is 16.8 Å². The molecule has 0 saturated carbocycles. The van der Waals surface area contributed by atoms with Crippen molar-refractivity contribution in [2.24, 2.45) is 5.10 Å². The molecule has 0 bridgehead atoms. The predicted octanol–water partition coefficient (Wildman–Crippen LogP) is 6.44. The van der Waals surface area contributed by atoms with Crippen LogP contribution in [0, 0.1) is 6.92 Å². The van der Waals surface area contributed by atoms with Crippen LogP contribution in [0.1, 0.15) is 21.5 Å². The number of hydrazone groups is 1. The summed E-state index contributed by atoms with van der Waals surface area (Å²) < 4.78 is 5.37. The average molecular weight is 448 g/mol. The lowest BCUT2D eigenvalue weighted by atomic mass is 10.1. The van der Waals surface area contributed by atoms with Crippen LogP contribution in [0.5, 0.6) is 5.75 Å². The summed E-state index contributed by atoms with van der Waals surface area (Å²) in [6.45, 7) is 2.06. The van der Waals surface area contributed by atoms with Crippen molar-refractivity contribution in [1.29, 1.82) is 0 Å². The molecule has 0 aliphatic heterocycles. The van der Waals surface area contributed by atoms with Gasteiger partial charge in [-0.1, -0.05) is 53.6 Å². The van der Waals surface area contributed by atoms with Gasteiger partial charge < -0.3 is 4.74 Å². The summed E-state index contributed by atoms with van der Waals surface area (Å²) >= 11 is 7.52. The van der Waals surface area contributed by atoms with Crippen molar-refractivity contribution in [3.8, 4) is 17.0 Å². The van der Waals surface area contributed by atoms with E-state index in [1.807, 2.05) is 5.38 Å². The molecule has 0 radical (unpaired) electrons. The first-order valence-electron chi connectivity index (χ1n) is 9.47. The molecule has 5 nitrogen and oxygen atoms in total. The minimum absolute atomic E-state index is 0.326. The fraction of sp³-hybridized carbons (Fsp3) is 0.0417. The van der Waals surface area contributed by atoms with Gasteiger partial charge in [0.1, 0.15) is 5.75 Å². The van der Waals surface area contributed by atoms with Crippen molar-refractivity contribution in [1.82, 2.24) is 4.98 Å². The highest BCUT2D eigenvalue weighted by molar-refractivity contribution is 7.14. The van der Waals surface area contributed by atoms with Gasteiger partial charge in [0, 0.05) is 10.9 Å². The third-order valence-corrected chi connectivity index (χ3v) is 5.49. The maximum Gasteiger partial charge on any atom is 0.345 e. The largest absolute Gasteiger partial charge is 0.423 e. The van der Waals surface area contributed by atoms with Crippen LogP contribution in [0.15, 0.2) is 83.3 Å². The first-order valence-corrected chi connectivity index (χ1v) is 10.7. The van der Waals surface area contributed by atoms with Gasteiger partial charge in [0.05, 0.1) is 22.5 Å². The Labute approximate surface area is 189 Å². The Hall–Kier alpha value is -3.48. The van der Waals surface area contributed by atoms with Crippen LogP contribution in [-0.4, -0.2) is 17.2 Å². The number of aryl methyl sites for hydroxylation is 1. The number of anilines is 1. The van der Waals surface area contributed by atoms with Crippen molar-refractivity contribution in [3.63, 3.8) is 0 Å². The summed E-state index contributed by atoms with van der Waals surface area (Å²) in [6.07, 6.45) is 1.67. The maximum atomic E-state index is 12.2. The molecule has 0 amide bonds. The van der Waals surface area contributed by atoms with E-state index in [4.69, 9.17) is 16.3 Å². The second-order valence-electron chi connectivity index (χ2n) is 6.71. The number of thiazole rings is 1. The molecule has 1 heterocycles. The summed E-state index contributed by atoms with van der Waals surface area (Å²) in [6, 6.07) is 22.0. The van der Waals surface area contributed by atoms with Gasteiger partial charge in [-0.05, 0) is 48.9 Å². The van der Waals surface area contributed by atoms with E-state index in [-0.39, 0.29) is 0 Å². The molecule has 0 unspecified atom stereocenters. The molecule has 154 valence electrons. The normalized spacial score (nSPS) is 10.9. The highest BCUT2D eigenvalue weighted by atomic mass is 35.5. The summed E-state index contributed by atoms with van der Waals surface area (Å²) in [7, 11) is 0. The summed E-state index contributed by atoms with van der Waals surface area (Å²) in [5.74, 6) is -0.0699. The first-order chi connectivity index (χ1) is 15.1. The van der Waals surface area contributed by atoms with Crippen LogP contribution in [0.2, 0.25) is 5.02 Å². The van der Waals surface area contributed by atoms with Gasteiger partial charge in [-0.15, -0.1) is 11.3 Å². The second-order valence-corrected chi connectivity index (χ2v) is 7.98. The molecule has 0 saturated heterocycles. The number of benzene rings is 3. The molecule has 0 aliphatic carbocycles. The molecule has 31 heavy (non-hydrogen) atoms. The molecule has 0 spiro atoms. The Morgan fingerprint density at radius 3 is 2.55 bits per heavy atom. The van der Waals surface area contributed by atoms with E-state index in [2.05, 4.69) is 46.7 Å². The number of nitrogens with one attached hydrogen (secondary N) is 1. The highest BCUT2D eigenvalue weighted by Crippen LogP contribution is 2.25. The fourth-order valence-corrected chi connectivity index (χ4v) is 3.64. The summed E-state index contributed by atoms with van der Waals surface area (Å²) in [5.41, 5.74) is 7.31. The Bertz CT molecular complexity index is 1220. The number of carbonyl (C=O) groups excluding carboxylic acids is 1. The number of ether oxygens (including phenoxy) is 1. The molecule has 4 aromatic rings. The van der Waals surface area contributed by atoms with Crippen LogP contribution in [0.25, 0.3) is 11.3 Å². The van der Waals surface area contributed by atoms with Gasteiger partial charge >= 0.3 is 5.97 Å². The zero-order chi connectivity index (χ0) is 21.6. The van der Waals surface area contributed by atoms with Gasteiger partial charge in [-0.2, -0.15) is 5.10 Å². The van der Waals surface area contributed by atoms with Gasteiger partial charge in [0.2, 0.25) is 5.13 Å². The number of hydrogen-bond donors (Lipinski definition) is 1. The summed E-state index contributed by atoms with van der Waals surface area (Å²) in [5, 5.41) is 7.28. The Morgan fingerprint density at radius 1 is 1.06 bits per heavy atom. The van der Waals surface area contributed by atoms with Crippen LogP contribution < -0.4 is 10.2 Å². The smallest absolute Gasteiger partial charge is 0.345 e. The summed E-state index contributed by atoms with van der Waals surface area (Å²) in [4.78, 5) is 16.8. The number of esters is 1. The first kappa shape index (κ1) is 20.8. The lowest BCUT2D eigenvalue weighted by molar-refractivity contribution is 0.0735. The molecule has 0 aliphatic rings. The SMILES string of the molecule is Cc1ccc(-c2csc(N/N=C/c3ccc(OC(=O)c4ccccc4Cl)cc3)n2)cc1. The van der Waals surface area contributed by atoms with Crippen molar-refractivity contribution in [3.05, 3.63) is 99.9 Å². The van der Waals surface area contributed by atoms with Crippen molar-refractivity contribution in [2.75, 3.05) is 5.43 Å². The van der Waals surface area contributed by atoms with E-state index in [9.17, 15) is 4.79 Å². The minimum atomic E-state index is -0.498. The third kappa shape index (κ3) is 5.36. The molecule has 3 aromatic carbocycles. The zero-order valence-electron chi connectivity index (χ0n) is 16.6. The third-order valence-electron chi connectivity index (χ3n) is 4.41. The topological polar surface area (TPSA) is 63.6 Å². The lowest BCUT2D eigenvalue weighted by Gasteiger charge is -2.05. The molecular weight excluding hydrogens is 430 g/mol.